The lowest BCUT2D eigenvalue weighted by Crippen LogP contribution is -2.27. The van der Waals surface area contributed by atoms with Gasteiger partial charge in [0.15, 0.2) is 17.2 Å². The summed E-state index contributed by atoms with van der Waals surface area (Å²) in [6.45, 7) is 0. The van der Waals surface area contributed by atoms with Crippen LogP contribution in [0.15, 0.2) is 51.7 Å². The zero-order chi connectivity index (χ0) is 18.3. The highest BCUT2D eigenvalue weighted by atomic mass is 16.5. The van der Waals surface area contributed by atoms with Crippen LogP contribution in [0.4, 0.5) is 0 Å². The summed E-state index contributed by atoms with van der Waals surface area (Å²) in [6.07, 6.45) is 0.0135. The van der Waals surface area contributed by atoms with Gasteiger partial charge in [0.25, 0.3) is 0 Å². The van der Waals surface area contributed by atoms with Gasteiger partial charge in [-0.3, -0.25) is 4.79 Å². The molecule has 26 heavy (non-hydrogen) atoms. The van der Waals surface area contributed by atoms with Gasteiger partial charge in [-0.15, -0.1) is 0 Å². The minimum atomic E-state index is -0.544. The van der Waals surface area contributed by atoms with Crippen LogP contribution in [-0.2, 0) is 4.79 Å². The largest absolute Gasteiger partial charge is 0.493 e. The Labute approximate surface area is 148 Å². The number of hydrogen-bond donors (Lipinski definition) is 0. The van der Waals surface area contributed by atoms with Gasteiger partial charge in [0.2, 0.25) is 0 Å². The summed E-state index contributed by atoms with van der Waals surface area (Å²) in [4.78, 5) is 25.0. The predicted molar refractivity (Wildman–Crippen MR) is 94.1 cm³/mol. The first-order valence-electron chi connectivity index (χ1n) is 8.11. The molecule has 2 heterocycles. The smallest absolute Gasteiger partial charge is 0.343 e. The van der Waals surface area contributed by atoms with Gasteiger partial charge in [-0.05, 0) is 18.2 Å². The van der Waals surface area contributed by atoms with E-state index < -0.39 is 17.5 Å². The number of carbonyl (C=O) groups is 1. The fourth-order valence-corrected chi connectivity index (χ4v) is 3.42. The predicted octanol–water partition coefficient (Wildman–Crippen LogP) is 3.25. The van der Waals surface area contributed by atoms with Crippen molar-refractivity contribution in [1.29, 1.82) is 0 Å². The van der Waals surface area contributed by atoms with Gasteiger partial charge >= 0.3 is 11.6 Å². The van der Waals surface area contributed by atoms with Crippen LogP contribution in [0.3, 0.4) is 0 Å². The summed E-state index contributed by atoms with van der Waals surface area (Å²) in [5.74, 6) is 0.298. The topological polar surface area (TPSA) is 75.0 Å². The number of esters is 1. The minimum absolute atomic E-state index is 0.0135. The monoisotopic (exact) mass is 352 g/mol. The van der Waals surface area contributed by atoms with Gasteiger partial charge in [0, 0.05) is 11.5 Å². The SMILES string of the molecule is COc1cccc(C2CC(=O)Oc3c2c(=O)oc2ccccc32)c1OC. The molecule has 1 aromatic heterocycles. The molecule has 0 spiro atoms. The third-order valence-corrected chi connectivity index (χ3v) is 4.54. The number of methoxy groups -OCH3 is 2. The van der Waals surface area contributed by atoms with Crippen molar-refractivity contribution in [3.63, 3.8) is 0 Å². The third-order valence-electron chi connectivity index (χ3n) is 4.54. The van der Waals surface area contributed by atoms with E-state index in [1.807, 2.05) is 6.07 Å². The molecule has 0 fully saturated rings. The first kappa shape index (κ1) is 16.2. The Morgan fingerprint density at radius 2 is 1.81 bits per heavy atom. The Balaban J connectivity index is 2.02. The van der Waals surface area contributed by atoms with Crippen LogP contribution in [0.25, 0.3) is 11.0 Å². The van der Waals surface area contributed by atoms with Crippen molar-refractivity contribution in [2.75, 3.05) is 14.2 Å². The fraction of sp³-hybridized carbons (Fsp3) is 0.200. The molecule has 0 amide bonds. The van der Waals surface area contributed by atoms with E-state index in [1.165, 1.54) is 14.2 Å². The number of rotatable bonds is 3. The quantitative estimate of drug-likeness (QED) is 0.532. The molecule has 3 aromatic rings. The molecule has 0 saturated carbocycles. The molecular formula is C20H16O6. The lowest BCUT2D eigenvalue weighted by molar-refractivity contribution is -0.135. The normalized spacial score (nSPS) is 16.1. The molecular weight excluding hydrogens is 336 g/mol. The van der Waals surface area contributed by atoms with E-state index in [0.717, 1.165) is 0 Å². The van der Waals surface area contributed by atoms with Crippen LogP contribution in [0.2, 0.25) is 0 Å². The second-order valence-corrected chi connectivity index (χ2v) is 5.94. The number of hydrogen-bond acceptors (Lipinski definition) is 6. The Bertz CT molecular complexity index is 1070. The van der Waals surface area contributed by atoms with Gasteiger partial charge in [-0.1, -0.05) is 24.3 Å². The van der Waals surface area contributed by atoms with E-state index in [0.29, 0.717) is 33.6 Å². The van der Waals surface area contributed by atoms with Crippen molar-refractivity contribution < 1.29 is 23.4 Å². The summed E-state index contributed by atoms with van der Waals surface area (Å²) in [7, 11) is 3.05. The molecule has 6 nitrogen and oxygen atoms in total. The third kappa shape index (κ3) is 2.42. The molecule has 0 N–H and O–H groups in total. The summed E-state index contributed by atoms with van der Waals surface area (Å²) in [5, 5.41) is 0.585. The maximum absolute atomic E-state index is 12.7. The lowest BCUT2D eigenvalue weighted by Gasteiger charge is -2.26. The lowest BCUT2D eigenvalue weighted by atomic mass is 9.86. The number of para-hydroxylation sites is 2. The van der Waals surface area contributed by atoms with Gasteiger partial charge in [0.1, 0.15) is 5.58 Å². The van der Waals surface area contributed by atoms with E-state index in [-0.39, 0.29) is 12.2 Å². The van der Waals surface area contributed by atoms with E-state index in [4.69, 9.17) is 18.6 Å². The Kier molecular flexibility index (Phi) is 3.88. The number of fused-ring (bicyclic) bond motifs is 3. The van der Waals surface area contributed by atoms with Gasteiger partial charge in [-0.2, -0.15) is 0 Å². The van der Waals surface area contributed by atoms with Crippen molar-refractivity contribution in [2.45, 2.75) is 12.3 Å². The van der Waals surface area contributed by atoms with Crippen LogP contribution < -0.4 is 19.8 Å². The Morgan fingerprint density at radius 1 is 1.00 bits per heavy atom. The van der Waals surface area contributed by atoms with Crippen molar-refractivity contribution in [3.8, 4) is 17.2 Å². The molecule has 1 unspecified atom stereocenters. The summed E-state index contributed by atoms with van der Waals surface area (Å²) in [6, 6.07) is 12.3. The summed E-state index contributed by atoms with van der Waals surface area (Å²) >= 11 is 0. The fourth-order valence-electron chi connectivity index (χ4n) is 3.42. The molecule has 0 radical (unpaired) electrons. The van der Waals surface area contributed by atoms with Crippen LogP contribution >= 0.6 is 0 Å². The zero-order valence-electron chi connectivity index (χ0n) is 14.3. The molecule has 1 atom stereocenters. The van der Waals surface area contributed by atoms with Gasteiger partial charge < -0.3 is 18.6 Å². The standard InChI is InChI=1S/C20H16O6/c1-23-15-9-5-7-11(18(15)24-2)13-10-16(21)26-19-12-6-3-4-8-14(12)25-20(22)17(13)19/h3-9,13H,10H2,1-2H3. The van der Waals surface area contributed by atoms with Crippen LogP contribution in [-0.4, -0.2) is 20.2 Å². The van der Waals surface area contributed by atoms with Gasteiger partial charge in [0.05, 0.1) is 31.6 Å². The molecule has 0 aliphatic carbocycles. The molecule has 132 valence electrons. The molecule has 0 saturated heterocycles. The first-order valence-corrected chi connectivity index (χ1v) is 8.11. The molecule has 0 bridgehead atoms. The number of ether oxygens (including phenoxy) is 3. The molecule has 1 aliphatic heterocycles. The average molecular weight is 352 g/mol. The molecule has 4 rings (SSSR count). The second kappa shape index (κ2) is 6.22. The molecule has 2 aromatic carbocycles. The molecule has 1 aliphatic rings. The minimum Gasteiger partial charge on any atom is -0.493 e. The average Bonchev–Trinajstić information content (AvgIpc) is 2.66. The Hall–Kier alpha value is -3.28. The van der Waals surface area contributed by atoms with E-state index in [9.17, 15) is 9.59 Å². The van der Waals surface area contributed by atoms with E-state index in [1.54, 1.807) is 36.4 Å². The van der Waals surface area contributed by atoms with Crippen molar-refractivity contribution in [1.82, 2.24) is 0 Å². The summed E-state index contributed by atoms with van der Waals surface area (Å²) < 4.78 is 21.7. The van der Waals surface area contributed by atoms with Gasteiger partial charge in [-0.25, -0.2) is 4.79 Å². The van der Waals surface area contributed by atoms with E-state index >= 15 is 0 Å². The highest BCUT2D eigenvalue weighted by Gasteiger charge is 2.35. The highest BCUT2D eigenvalue weighted by Crippen LogP contribution is 2.45. The highest BCUT2D eigenvalue weighted by molar-refractivity contribution is 5.90. The van der Waals surface area contributed by atoms with Crippen molar-refractivity contribution in [2.24, 2.45) is 0 Å². The zero-order valence-corrected chi connectivity index (χ0v) is 14.3. The van der Waals surface area contributed by atoms with Crippen molar-refractivity contribution in [3.05, 3.63) is 64.0 Å². The van der Waals surface area contributed by atoms with Crippen molar-refractivity contribution >= 4 is 16.9 Å². The first-order chi connectivity index (χ1) is 12.6. The van der Waals surface area contributed by atoms with Crippen LogP contribution in [0, 0.1) is 0 Å². The maximum atomic E-state index is 12.7. The maximum Gasteiger partial charge on any atom is 0.343 e. The Morgan fingerprint density at radius 3 is 2.58 bits per heavy atom. The van der Waals surface area contributed by atoms with Crippen LogP contribution in [0.1, 0.15) is 23.5 Å². The second-order valence-electron chi connectivity index (χ2n) is 5.94. The van der Waals surface area contributed by atoms with E-state index in [2.05, 4.69) is 0 Å². The summed E-state index contributed by atoms with van der Waals surface area (Å²) in [5.41, 5.74) is 0.838. The van der Waals surface area contributed by atoms with Crippen LogP contribution in [0.5, 0.6) is 17.2 Å². The number of carbonyl (C=O) groups excluding carboxylic acids is 1. The molecule has 6 heteroatoms. The number of benzene rings is 2.